The van der Waals surface area contributed by atoms with Crippen molar-refractivity contribution in [1.29, 1.82) is 0 Å². The summed E-state index contributed by atoms with van der Waals surface area (Å²) < 4.78 is 5.47. The Hall–Kier alpha value is -2.90. The maximum Gasteiger partial charge on any atom is 0.410 e. The second-order valence-electron chi connectivity index (χ2n) is 10.2. The van der Waals surface area contributed by atoms with Gasteiger partial charge in [0.2, 0.25) is 5.91 Å². The van der Waals surface area contributed by atoms with E-state index in [2.05, 4.69) is 11.4 Å². The second-order valence-corrected chi connectivity index (χ2v) is 10.2. The largest absolute Gasteiger partial charge is 0.444 e. The van der Waals surface area contributed by atoms with Crippen LogP contribution < -0.4 is 5.32 Å². The Morgan fingerprint density at radius 1 is 1.16 bits per heavy atom. The quantitative estimate of drug-likeness (QED) is 0.712. The van der Waals surface area contributed by atoms with Gasteiger partial charge in [-0.3, -0.25) is 19.7 Å². The summed E-state index contributed by atoms with van der Waals surface area (Å²) in [4.78, 5) is 53.0. The summed E-state index contributed by atoms with van der Waals surface area (Å²) in [6, 6.07) is 5.97. The number of rotatable bonds is 2. The van der Waals surface area contributed by atoms with Crippen LogP contribution in [0.4, 0.5) is 4.79 Å². The van der Waals surface area contributed by atoms with Crippen molar-refractivity contribution < 1.29 is 23.9 Å². The lowest BCUT2D eigenvalue weighted by atomic mass is 9.88. The fraction of sp³-hybridized carbons (Fsp3) is 0.583. The number of piperidine rings is 2. The number of nitrogens with one attached hydrogen (secondary N) is 1. The standard InChI is InChI=1S/C24H31N3O5/c1-23(2,3)32-22(31)26-11-8-15(9-12-26)16-5-6-17-14-27(20(29)18(17)13-16)24(4)10-7-19(28)25-21(24)30/h5-6,13,15H,7-12,14H2,1-4H3,(H,25,28,30). The number of fused-ring (bicyclic) bond motifs is 1. The van der Waals surface area contributed by atoms with Gasteiger partial charge in [-0.25, -0.2) is 4.79 Å². The minimum absolute atomic E-state index is 0.167. The molecule has 0 aliphatic carbocycles. The Bertz CT molecular complexity index is 974. The van der Waals surface area contributed by atoms with E-state index in [1.54, 1.807) is 16.7 Å². The van der Waals surface area contributed by atoms with E-state index < -0.39 is 17.0 Å². The number of likely N-dealkylation sites (tertiary alicyclic amines) is 1. The summed E-state index contributed by atoms with van der Waals surface area (Å²) in [5.74, 6) is -0.617. The molecule has 2 saturated heterocycles. The molecule has 0 spiro atoms. The first-order valence-electron chi connectivity index (χ1n) is 11.2. The van der Waals surface area contributed by atoms with E-state index in [-0.39, 0.29) is 30.2 Å². The van der Waals surface area contributed by atoms with Crippen LogP contribution >= 0.6 is 0 Å². The minimum atomic E-state index is -1.02. The van der Waals surface area contributed by atoms with Crippen molar-refractivity contribution in [3.05, 3.63) is 34.9 Å². The number of ether oxygens (including phenoxy) is 1. The molecular formula is C24H31N3O5. The zero-order valence-corrected chi connectivity index (χ0v) is 19.2. The predicted molar refractivity (Wildman–Crippen MR) is 117 cm³/mol. The highest BCUT2D eigenvalue weighted by Gasteiger charge is 2.48. The van der Waals surface area contributed by atoms with E-state index in [0.29, 0.717) is 31.6 Å². The third kappa shape index (κ3) is 4.10. The molecule has 1 unspecified atom stereocenters. The van der Waals surface area contributed by atoms with Gasteiger partial charge in [-0.15, -0.1) is 0 Å². The molecule has 3 heterocycles. The van der Waals surface area contributed by atoms with Gasteiger partial charge in [-0.2, -0.15) is 0 Å². The fourth-order valence-electron chi connectivity index (χ4n) is 4.74. The molecule has 0 saturated carbocycles. The number of hydrogen-bond donors (Lipinski definition) is 1. The van der Waals surface area contributed by atoms with Crippen LogP contribution in [0.25, 0.3) is 0 Å². The third-order valence-electron chi connectivity index (χ3n) is 6.73. The maximum atomic E-state index is 13.2. The van der Waals surface area contributed by atoms with Gasteiger partial charge in [-0.05, 0) is 70.1 Å². The molecule has 3 aliphatic rings. The SMILES string of the molecule is CC(C)(C)OC(=O)N1CCC(c2ccc3c(c2)C(=O)N(C2(C)CCC(=O)NC2=O)C3)CC1. The highest BCUT2D eigenvalue weighted by Crippen LogP contribution is 2.37. The second kappa shape index (κ2) is 7.90. The molecule has 1 N–H and O–H groups in total. The van der Waals surface area contributed by atoms with Crippen LogP contribution in [-0.4, -0.2) is 57.8 Å². The maximum absolute atomic E-state index is 13.2. The molecule has 32 heavy (non-hydrogen) atoms. The Morgan fingerprint density at radius 2 is 1.84 bits per heavy atom. The molecule has 0 aromatic heterocycles. The van der Waals surface area contributed by atoms with E-state index >= 15 is 0 Å². The van der Waals surface area contributed by atoms with Crippen LogP contribution in [0.3, 0.4) is 0 Å². The highest BCUT2D eigenvalue weighted by atomic mass is 16.6. The topological polar surface area (TPSA) is 96.0 Å². The van der Waals surface area contributed by atoms with Crippen molar-refractivity contribution in [2.75, 3.05) is 13.1 Å². The summed E-state index contributed by atoms with van der Waals surface area (Å²) in [5, 5.41) is 2.37. The smallest absolute Gasteiger partial charge is 0.410 e. The van der Waals surface area contributed by atoms with Gasteiger partial charge in [0.1, 0.15) is 11.1 Å². The first-order chi connectivity index (χ1) is 15.0. The van der Waals surface area contributed by atoms with Crippen molar-refractivity contribution >= 4 is 23.8 Å². The van der Waals surface area contributed by atoms with Gasteiger partial charge in [0.05, 0.1) is 0 Å². The van der Waals surface area contributed by atoms with Crippen LogP contribution in [0, 0.1) is 0 Å². The van der Waals surface area contributed by atoms with Crippen molar-refractivity contribution in [3.8, 4) is 0 Å². The Morgan fingerprint density at radius 3 is 2.47 bits per heavy atom. The Kier molecular flexibility index (Phi) is 5.51. The van der Waals surface area contributed by atoms with Crippen LogP contribution in [0.5, 0.6) is 0 Å². The summed E-state index contributed by atoms with van der Waals surface area (Å²) >= 11 is 0. The van der Waals surface area contributed by atoms with E-state index in [1.165, 1.54) is 0 Å². The molecule has 4 rings (SSSR count). The summed E-state index contributed by atoms with van der Waals surface area (Å²) in [5.41, 5.74) is 1.07. The molecule has 2 fully saturated rings. The molecule has 8 nitrogen and oxygen atoms in total. The van der Waals surface area contributed by atoms with Gasteiger partial charge in [0.25, 0.3) is 11.8 Å². The van der Waals surface area contributed by atoms with Gasteiger partial charge in [0, 0.05) is 31.6 Å². The van der Waals surface area contributed by atoms with Gasteiger partial charge < -0.3 is 14.5 Å². The highest BCUT2D eigenvalue weighted by molar-refractivity contribution is 6.07. The zero-order chi connectivity index (χ0) is 23.3. The summed E-state index contributed by atoms with van der Waals surface area (Å²) in [6.07, 6.45) is 1.88. The zero-order valence-electron chi connectivity index (χ0n) is 19.2. The number of hydrogen-bond acceptors (Lipinski definition) is 5. The Labute approximate surface area is 188 Å². The van der Waals surface area contributed by atoms with E-state index in [9.17, 15) is 19.2 Å². The molecule has 1 aromatic carbocycles. The molecule has 0 bridgehead atoms. The number of imide groups is 1. The fourth-order valence-corrected chi connectivity index (χ4v) is 4.74. The number of carbonyl (C=O) groups is 4. The number of nitrogens with zero attached hydrogens (tertiary/aromatic N) is 2. The van der Waals surface area contributed by atoms with E-state index in [1.807, 2.05) is 32.9 Å². The third-order valence-corrected chi connectivity index (χ3v) is 6.73. The molecular weight excluding hydrogens is 410 g/mol. The lowest BCUT2D eigenvalue weighted by molar-refractivity contribution is -0.142. The molecule has 0 radical (unpaired) electrons. The normalized spacial score (nSPS) is 24.4. The van der Waals surface area contributed by atoms with Crippen LogP contribution in [0.1, 0.15) is 80.8 Å². The average molecular weight is 442 g/mol. The number of amides is 4. The van der Waals surface area contributed by atoms with Gasteiger partial charge in [-0.1, -0.05) is 12.1 Å². The van der Waals surface area contributed by atoms with E-state index in [0.717, 1.165) is 24.0 Å². The van der Waals surface area contributed by atoms with Crippen molar-refractivity contribution in [2.24, 2.45) is 0 Å². The lowest BCUT2D eigenvalue weighted by Gasteiger charge is -2.39. The van der Waals surface area contributed by atoms with Crippen LogP contribution in [0.15, 0.2) is 18.2 Å². The number of carbonyl (C=O) groups excluding carboxylic acids is 4. The molecule has 4 amide bonds. The first kappa shape index (κ1) is 22.3. The molecule has 172 valence electrons. The van der Waals surface area contributed by atoms with Gasteiger partial charge in [0.15, 0.2) is 0 Å². The molecule has 1 atom stereocenters. The first-order valence-corrected chi connectivity index (χ1v) is 11.2. The minimum Gasteiger partial charge on any atom is -0.444 e. The van der Waals surface area contributed by atoms with Gasteiger partial charge >= 0.3 is 6.09 Å². The van der Waals surface area contributed by atoms with Crippen molar-refractivity contribution in [3.63, 3.8) is 0 Å². The predicted octanol–water partition coefficient (Wildman–Crippen LogP) is 2.95. The Balaban J connectivity index is 1.45. The van der Waals surface area contributed by atoms with Crippen LogP contribution in [0.2, 0.25) is 0 Å². The summed E-state index contributed by atoms with van der Waals surface area (Å²) in [7, 11) is 0. The van der Waals surface area contributed by atoms with Crippen molar-refractivity contribution in [2.45, 2.75) is 77.0 Å². The molecule has 1 aromatic rings. The van der Waals surface area contributed by atoms with Crippen molar-refractivity contribution in [1.82, 2.24) is 15.1 Å². The monoisotopic (exact) mass is 441 g/mol. The summed E-state index contributed by atoms with van der Waals surface area (Å²) in [6.45, 7) is 8.90. The van der Waals surface area contributed by atoms with E-state index in [4.69, 9.17) is 4.74 Å². The molecule has 8 heteroatoms. The average Bonchev–Trinajstić information content (AvgIpc) is 3.06. The lowest BCUT2D eigenvalue weighted by Crippen LogP contribution is -2.61. The van der Waals surface area contributed by atoms with Crippen LogP contribution in [-0.2, 0) is 20.9 Å². The number of benzene rings is 1. The molecule has 3 aliphatic heterocycles.